The fourth-order valence-corrected chi connectivity index (χ4v) is 3.06. The Hall–Kier alpha value is -2.61. The lowest BCUT2D eigenvalue weighted by molar-refractivity contribution is 0.386. The third-order valence-corrected chi connectivity index (χ3v) is 4.44. The molecule has 0 aliphatic carbocycles. The number of nitrogen functional groups attached to an aromatic ring is 1. The fraction of sp³-hybridized carbons (Fsp3) is 0.125. The van der Waals surface area contributed by atoms with Gasteiger partial charge in [0.1, 0.15) is 5.82 Å². The Balaban J connectivity index is 1.91. The van der Waals surface area contributed by atoms with Crippen molar-refractivity contribution in [2.75, 3.05) is 13.0 Å². The molecule has 0 saturated carbocycles. The Morgan fingerprint density at radius 2 is 2.04 bits per heavy atom. The Kier molecular flexibility index (Phi) is 4.39. The molecule has 0 radical (unpaired) electrons. The zero-order valence-corrected chi connectivity index (χ0v) is 13.4. The van der Waals surface area contributed by atoms with Crippen molar-refractivity contribution in [3.63, 3.8) is 0 Å². The maximum Gasteiger partial charge on any atom is 0.280 e. The molecule has 1 heterocycles. The molecule has 3 rings (SSSR count). The molecule has 0 fully saturated rings. The summed E-state index contributed by atoms with van der Waals surface area (Å²) in [5.74, 6) is 5.28. The SMILES string of the molecule is COc1ccc(CSc2nc3cc(F)ccc3c(=O)n2N)cc1F. The van der Waals surface area contributed by atoms with Crippen LogP contribution in [-0.2, 0) is 5.75 Å². The molecule has 1 aromatic heterocycles. The van der Waals surface area contributed by atoms with Crippen LogP contribution in [-0.4, -0.2) is 16.8 Å². The number of benzene rings is 2. The number of fused-ring (bicyclic) bond motifs is 1. The molecule has 0 unspecified atom stereocenters. The van der Waals surface area contributed by atoms with E-state index in [1.54, 1.807) is 6.07 Å². The number of rotatable bonds is 4. The summed E-state index contributed by atoms with van der Waals surface area (Å²) < 4.78 is 32.8. The number of ether oxygens (including phenoxy) is 1. The highest BCUT2D eigenvalue weighted by molar-refractivity contribution is 7.98. The van der Waals surface area contributed by atoms with Crippen LogP contribution >= 0.6 is 11.8 Å². The lowest BCUT2D eigenvalue weighted by atomic mass is 10.2. The fourth-order valence-electron chi connectivity index (χ4n) is 2.20. The van der Waals surface area contributed by atoms with Gasteiger partial charge in [0, 0.05) is 11.8 Å². The molecular formula is C16H13F2N3O2S. The van der Waals surface area contributed by atoms with Gasteiger partial charge in [-0.2, -0.15) is 0 Å². The largest absolute Gasteiger partial charge is 0.494 e. The third kappa shape index (κ3) is 3.05. The first-order chi connectivity index (χ1) is 11.5. The number of nitrogens with zero attached hydrogens (tertiary/aromatic N) is 2. The minimum absolute atomic E-state index is 0.152. The van der Waals surface area contributed by atoms with Crippen molar-refractivity contribution in [3.05, 3.63) is 63.9 Å². The van der Waals surface area contributed by atoms with Crippen molar-refractivity contribution < 1.29 is 13.5 Å². The molecule has 0 atom stereocenters. The summed E-state index contributed by atoms with van der Waals surface area (Å²) in [6.45, 7) is 0. The van der Waals surface area contributed by atoms with Crippen LogP contribution in [0.1, 0.15) is 5.56 Å². The highest BCUT2D eigenvalue weighted by atomic mass is 32.2. The number of halogens is 2. The van der Waals surface area contributed by atoms with E-state index in [9.17, 15) is 13.6 Å². The first-order valence-electron chi connectivity index (χ1n) is 6.92. The van der Waals surface area contributed by atoms with E-state index in [4.69, 9.17) is 10.6 Å². The van der Waals surface area contributed by atoms with Crippen LogP contribution in [0.5, 0.6) is 5.75 Å². The van der Waals surface area contributed by atoms with E-state index in [0.717, 1.165) is 16.4 Å². The van der Waals surface area contributed by atoms with Crippen molar-refractivity contribution in [2.45, 2.75) is 10.9 Å². The van der Waals surface area contributed by atoms with E-state index in [0.29, 0.717) is 11.3 Å². The first-order valence-corrected chi connectivity index (χ1v) is 7.91. The minimum Gasteiger partial charge on any atom is -0.494 e. The number of hydrogen-bond acceptors (Lipinski definition) is 5. The van der Waals surface area contributed by atoms with Crippen LogP contribution in [0, 0.1) is 11.6 Å². The van der Waals surface area contributed by atoms with Gasteiger partial charge in [0.05, 0.1) is 18.0 Å². The standard InChI is InChI=1S/C16H13F2N3O2S/c1-23-14-5-2-9(6-12(14)18)8-24-16-20-13-7-10(17)3-4-11(13)15(22)21(16)19/h2-7H,8,19H2,1H3. The predicted octanol–water partition coefficient (Wildman–Crippen LogP) is 2.69. The van der Waals surface area contributed by atoms with Gasteiger partial charge in [-0.3, -0.25) is 4.79 Å². The number of methoxy groups -OCH3 is 1. The third-order valence-electron chi connectivity index (χ3n) is 3.42. The van der Waals surface area contributed by atoms with E-state index >= 15 is 0 Å². The topological polar surface area (TPSA) is 70.1 Å². The zero-order valence-electron chi connectivity index (χ0n) is 12.6. The number of nitrogens with two attached hydrogens (primary N) is 1. The van der Waals surface area contributed by atoms with Gasteiger partial charge in [0.15, 0.2) is 16.7 Å². The van der Waals surface area contributed by atoms with Gasteiger partial charge in [0.2, 0.25) is 0 Å². The zero-order chi connectivity index (χ0) is 17.3. The van der Waals surface area contributed by atoms with Gasteiger partial charge < -0.3 is 10.6 Å². The first kappa shape index (κ1) is 16.3. The van der Waals surface area contributed by atoms with Crippen molar-refractivity contribution in [1.29, 1.82) is 0 Å². The molecule has 24 heavy (non-hydrogen) atoms. The van der Waals surface area contributed by atoms with Crippen LogP contribution < -0.4 is 16.1 Å². The summed E-state index contributed by atoms with van der Waals surface area (Å²) in [6, 6.07) is 8.26. The van der Waals surface area contributed by atoms with Crippen molar-refractivity contribution in [1.82, 2.24) is 9.66 Å². The Bertz CT molecular complexity index is 975. The average Bonchev–Trinajstić information content (AvgIpc) is 2.56. The lowest BCUT2D eigenvalue weighted by Gasteiger charge is -2.09. The quantitative estimate of drug-likeness (QED) is 0.445. The average molecular weight is 349 g/mol. The second-order valence-corrected chi connectivity index (χ2v) is 5.93. The summed E-state index contributed by atoms with van der Waals surface area (Å²) in [5.41, 5.74) is 0.431. The van der Waals surface area contributed by atoms with Gasteiger partial charge >= 0.3 is 0 Å². The van der Waals surface area contributed by atoms with Crippen molar-refractivity contribution in [3.8, 4) is 5.75 Å². The Morgan fingerprint density at radius 3 is 2.75 bits per heavy atom. The number of hydrogen-bond donors (Lipinski definition) is 1. The Morgan fingerprint density at radius 1 is 1.25 bits per heavy atom. The summed E-state index contributed by atoms with van der Waals surface area (Å²) in [6.07, 6.45) is 0. The van der Waals surface area contributed by atoms with E-state index < -0.39 is 17.2 Å². The minimum atomic E-state index is -0.489. The maximum absolute atomic E-state index is 13.7. The van der Waals surface area contributed by atoms with Gasteiger partial charge in [-0.1, -0.05) is 17.8 Å². The molecule has 0 saturated heterocycles. The van der Waals surface area contributed by atoms with E-state index in [1.165, 1.54) is 37.4 Å². The molecule has 0 aliphatic rings. The highest BCUT2D eigenvalue weighted by Gasteiger charge is 2.11. The summed E-state index contributed by atoms with van der Waals surface area (Å²) in [7, 11) is 1.39. The molecule has 0 spiro atoms. The van der Waals surface area contributed by atoms with Crippen LogP contribution in [0.4, 0.5) is 8.78 Å². The monoisotopic (exact) mass is 349 g/mol. The van der Waals surface area contributed by atoms with Gasteiger partial charge in [-0.05, 0) is 29.8 Å². The van der Waals surface area contributed by atoms with Crippen LogP contribution in [0.3, 0.4) is 0 Å². The smallest absolute Gasteiger partial charge is 0.280 e. The second kappa shape index (κ2) is 6.48. The van der Waals surface area contributed by atoms with Crippen molar-refractivity contribution >= 4 is 22.7 Å². The molecule has 0 bridgehead atoms. The molecule has 8 heteroatoms. The van der Waals surface area contributed by atoms with E-state index in [1.807, 2.05) is 0 Å². The van der Waals surface area contributed by atoms with Crippen molar-refractivity contribution in [2.24, 2.45) is 0 Å². The Labute approximate surface area is 140 Å². The van der Waals surface area contributed by atoms with Crippen LogP contribution in [0.15, 0.2) is 46.3 Å². The molecular weight excluding hydrogens is 336 g/mol. The normalized spacial score (nSPS) is 11.0. The maximum atomic E-state index is 13.7. The molecule has 2 N–H and O–H groups in total. The lowest BCUT2D eigenvalue weighted by Crippen LogP contribution is -2.29. The highest BCUT2D eigenvalue weighted by Crippen LogP contribution is 2.24. The predicted molar refractivity (Wildman–Crippen MR) is 88.6 cm³/mol. The van der Waals surface area contributed by atoms with Gasteiger partial charge in [-0.25, -0.2) is 18.4 Å². The summed E-state index contributed by atoms with van der Waals surface area (Å²) >= 11 is 1.15. The molecule has 3 aromatic rings. The molecule has 0 amide bonds. The van der Waals surface area contributed by atoms with E-state index in [-0.39, 0.29) is 21.8 Å². The van der Waals surface area contributed by atoms with Crippen LogP contribution in [0.25, 0.3) is 10.9 Å². The summed E-state index contributed by atoms with van der Waals surface area (Å²) in [4.78, 5) is 16.4. The molecule has 2 aromatic carbocycles. The van der Waals surface area contributed by atoms with Crippen LogP contribution in [0.2, 0.25) is 0 Å². The van der Waals surface area contributed by atoms with Gasteiger partial charge in [0.25, 0.3) is 5.56 Å². The summed E-state index contributed by atoms with van der Waals surface area (Å²) in [5, 5.41) is 0.452. The number of thioether (sulfide) groups is 1. The molecule has 124 valence electrons. The molecule has 5 nitrogen and oxygen atoms in total. The molecule has 0 aliphatic heterocycles. The van der Waals surface area contributed by atoms with E-state index in [2.05, 4.69) is 4.98 Å². The van der Waals surface area contributed by atoms with Gasteiger partial charge in [-0.15, -0.1) is 0 Å². The number of aromatic nitrogens is 2. The second-order valence-electron chi connectivity index (χ2n) is 4.99.